The molecule has 1 aromatic carbocycles. The fourth-order valence-corrected chi connectivity index (χ4v) is 3.15. The van der Waals surface area contributed by atoms with Crippen LogP contribution in [0.3, 0.4) is 0 Å². The molecule has 138 valence electrons. The second-order valence-corrected chi connectivity index (χ2v) is 6.47. The van der Waals surface area contributed by atoms with E-state index in [0.29, 0.717) is 5.02 Å². The number of nitrogens with one attached hydrogen (secondary N) is 1. The SMILES string of the molecule is CCCN(CCC)c1cc(Nc2ccc(OC)cc2Cl)nc2ccnn12. The number of benzene rings is 1. The third-order valence-corrected chi connectivity index (χ3v) is 4.40. The van der Waals surface area contributed by atoms with Gasteiger partial charge < -0.3 is 15.0 Å². The number of aromatic nitrogens is 3. The molecule has 0 saturated carbocycles. The number of methoxy groups -OCH3 is 1. The van der Waals surface area contributed by atoms with Gasteiger partial charge in [0.15, 0.2) is 5.65 Å². The average Bonchev–Trinajstić information content (AvgIpc) is 3.11. The largest absolute Gasteiger partial charge is 0.497 e. The van der Waals surface area contributed by atoms with Crippen LogP contribution >= 0.6 is 11.6 Å². The lowest BCUT2D eigenvalue weighted by molar-refractivity contribution is 0.415. The van der Waals surface area contributed by atoms with Crippen molar-refractivity contribution in [3.8, 4) is 5.75 Å². The van der Waals surface area contributed by atoms with E-state index < -0.39 is 0 Å². The molecule has 0 amide bonds. The Labute approximate surface area is 158 Å². The fraction of sp³-hybridized carbons (Fsp3) is 0.368. The maximum atomic E-state index is 6.36. The zero-order valence-electron chi connectivity index (χ0n) is 15.4. The number of fused-ring (bicyclic) bond motifs is 1. The van der Waals surface area contributed by atoms with Gasteiger partial charge in [-0.05, 0) is 25.0 Å². The maximum absolute atomic E-state index is 6.36. The van der Waals surface area contributed by atoms with Gasteiger partial charge in [-0.3, -0.25) is 0 Å². The topological polar surface area (TPSA) is 54.7 Å². The molecule has 3 aromatic rings. The fourth-order valence-electron chi connectivity index (χ4n) is 2.93. The van der Waals surface area contributed by atoms with Gasteiger partial charge in [0.2, 0.25) is 0 Å². The van der Waals surface area contributed by atoms with Gasteiger partial charge in [-0.15, -0.1) is 0 Å². The molecule has 0 saturated heterocycles. The standard InChI is InChI=1S/C19H24ClN5O/c1-4-10-24(11-5-2)19-13-17(23-18-8-9-21-25(18)19)22-16-7-6-14(26-3)12-15(16)20/h6-9,12-13H,4-5,10-11H2,1-3H3,(H,22,23). The molecular weight excluding hydrogens is 350 g/mol. The van der Waals surface area contributed by atoms with Gasteiger partial charge in [0.25, 0.3) is 0 Å². The van der Waals surface area contributed by atoms with Crippen molar-refractivity contribution in [1.82, 2.24) is 14.6 Å². The van der Waals surface area contributed by atoms with Gasteiger partial charge in [-0.1, -0.05) is 25.4 Å². The second-order valence-electron chi connectivity index (χ2n) is 6.06. The molecule has 0 aliphatic carbocycles. The van der Waals surface area contributed by atoms with Gasteiger partial charge in [-0.2, -0.15) is 9.61 Å². The van der Waals surface area contributed by atoms with Gasteiger partial charge in [0, 0.05) is 31.3 Å². The lowest BCUT2D eigenvalue weighted by Gasteiger charge is -2.24. The summed E-state index contributed by atoms with van der Waals surface area (Å²) in [6, 6.07) is 9.46. The zero-order chi connectivity index (χ0) is 18.5. The normalized spacial score (nSPS) is 10.9. The predicted molar refractivity (Wildman–Crippen MR) is 107 cm³/mol. The quantitative estimate of drug-likeness (QED) is 0.616. The Kier molecular flexibility index (Phi) is 5.83. The summed E-state index contributed by atoms with van der Waals surface area (Å²) in [4.78, 5) is 6.99. The lowest BCUT2D eigenvalue weighted by Crippen LogP contribution is -2.27. The predicted octanol–water partition coefficient (Wildman–Crippen LogP) is 4.76. The average molecular weight is 374 g/mol. The number of rotatable bonds is 8. The molecule has 0 bridgehead atoms. The summed E-state index contributed by atoms with van der Waals surface area (Å²) in [7, 11) is 1.62. The van der Waals surface area contributed by atoms with E-state index in [4.69, 9.17) is 16.3 Å². The molecule has 0 spiro atoms. The molecule has 0 aliphatic rings. The molecule has 2 aromatic heterocycles. The van der Waals surface area contributed by atoms with E-state index in [2.05, 4.69) is 34.1 Å². The van der Waals surface area contributed by atoms with Crippen molar-refractivity contribution in [3.05, 3.63) is 41.6 Å². The summed E-state index contributed by atoms with van der Waals surface area (Å²) in [6.45, 7) is 6.30. The lowest BCUT2D eigenvalue weighted by atomic mass is 10.3. The van der Waals surface area contributed by atoms with Crippen molar-refractivity contribution in [3.63, 3.8) is 0 Å². The summed E-state index contributed by atoms with van der Waals surface area (Å²) in [6.07, 6.45) is 3.91. The van der Waals surface area contributed by atoms with Crippen LogP contribution in [0.5, 0.6) is 5.75 Å². The number of halogens is 1. The first-order valence-corrected chi connectivity index (χ1v) is 9.24. The first-order valence-electron chi connectivity index (χ1n) is 8.86. The van der Waals surface area contributed by atoms with Crippen LogP contribution in [0.15, 0.2) is 36.5 Å². The van der Waals surface area contributed by atoms with Crippen LogP contribution in [0.25, 0.3) is 5.65 Å². The summed E-state index contributed by atoms with van der Waals surface area (Å²) in [5, 5.41) is 8.34. The van der Waals surface area contributed by atoms with Crippen LogP contribution in [0.2, 0.25) is 5.02 Å². The second kappa shape index (κ2) is 8.27. The highest BCUT2D eigenvalue weighted by molar-refractivity contribution is 6.33. The Morgan fingerprint density at radius 3 is 2.58 bits per heavy atom. The highest BCUT2D eigenvalue weighted by atomic mass is 35.5. The minimum Gasteiger partial charge on any atom is -0.497 e. The molecule has 1 N–H and O–H groups in total. The number of anilines is 3. The smallest absolute Gasteiger partial charge is 0.159 e. The minimum atomic E-state index is 0.583. The summed E-state index contributed by atoms with van der Waals surface area (Å²) in [5.74, 6) is 2.48. The molecule has 3 rings (SSSR count). The molecular formula is C19H24ClN5O. The molecule has 0 unspecified atom stereocenters. The Balaban J connectivity index is 1.99. The number of nitrogens with zero attached hydrogens (tertiary/aromatic N) is 4. The van der Waals surface area contributed by atoms with Gasteiger partial charge >= 0.3 is 0 Å². The van der Waals surface area contributed by atoms with E-state index >= 15 is 0 Å². The highest BCUT2D eigenvalue weighted by Gasteiger charge is 2.13. The van der Waals surface area contributed by atoms with E-state index in [-0.39, 0.29) is 0 Å². The summed E-state index contributed by atoms with van der Waals surface area (Å²) >= 11 is 6.36. The molecule has 0 aliphatic heterocycles. The molecule has 6 nitrogen and oxygen atoms in total. The minimum absolute atomic E-state index is 0.583. The van der Waals surface area contributed by atoms with E-state index in [0.717, 1.165) is 54.7 Å². The number of hydrogen-bond acceptors (Lipinski definition) is 5. The van der Waals surface area contributed by atoms with E-state index in [1.807, 2.05) is 28.8 Å². The van der Waals surface area contributed by atoms with Gasteiger partial charge in [0.05, 0.1) is 24.0 Å². The molecule has 2 heterocycles. The van der Waals surface area contributed by atoms with Crippen LogP contribution in [0.4, 0.5) is 17.3 Å². The van der Waals surface area contributed by atoms with Crippen molar-refractivity contribution in [2.75, 3.05) is 30.4 Å². The van der Waals surface area contributed by atoms with E-state index in [1.165, 1.54) is 0 Å². The van der Waals surface area contributed by atoms with Crippen LogP contribution in [-0.4, -0.2) is 34.8 Å². The Morgan fingerprint density at radius 2 is 1.92 bits per heavy atom. The maximum Gasteiger partial charge on any atom is 0.159 e. The van der Waals surface area contributed by atoms with Crippen LogP contribution in [0.1, 0.15) is 26.7 Å². The molecule has 7 heteroatoms. The van der Waals surface area contributed by atoms with Crippen LogP contribution in [0, 0.1) is 0 Å². The van der Waals surface area contributed by atoms with Crippen molar-refractivity contribution in [2.24, 2.45) is 0 Å². The van der Waals surface area contributed by atoms with E-state index in [9.17, 15) is 0 Å². The monoisotopic (exact) mass is 373 g/mol. The molecule has 0 atom stereocenters. The van der Waals surface area contributed by atoms with Crippen LogP contribution < -0.4 is 15.0 Å². The van der Waals surface area contributed by atoms with Gasteiger partial charge in [-0.25, -0.2) is 4.98 Å². The Bertz CT molecular complexity index is 873. The van der Waals surface area contributed by atoms with Crippen molar-refractivity contribution in [2.45, 2.75) is 26.7 Å². The highest BCUT2D eigenvalue weighted by Crippen LogP contribution is 2.30. The number of hydrogen-bond donors (Lipinski definition) is 1. The Hall–Kier alpha value is -2.47. The third kappa shape index (κ3) is 3.85. The Morgan fingerprint density at radius 1 is 1.15 bits per heavy atom. The third-order valence-electron chi connectivity index (χ3n) is 4.09. The zero-order valence-corrected chi connectivity index (χ0v) is 16.1. The molecule has 26 heavy (non-hydrogen) atoms. The van der Waals surface area contributed by atoms with Crippen molar-refractivity contribution < 1.29 is 4.74 Å². The summed E-state index contributed by atoms with van der Waals surface area (Å²) in [5.41, 5.74) is 1.58. The van der Waals surface area contributed by atoms with Crippen molar-refractivity contribution >= 4 is 34.6 Å². The van der Waals surface area contributed by atoms with Gasteiger partial charge in [0.1, 0.15) is 17.4 Å². The molecule has 0 radical (unpaired) electrons. The first-order chi connectivity index (χ1) is 12.7. The summed E-state index contributed by atoms with van der Waals surface area (Å²) < 4.78 is 7.09. The van der Waals surface area contributed by atoms with Crippen LogP contribution in [-0.2, 0) is 0 Å². The van der Waals surface area contributed by atoms with E-state index in [1.54, 1.807) is 19.4 Å². The number of ether oxygens (including phenoxy) is 1. The first kappa shape index (κ1) is 18.3. The molecule has 0 fully saturated rings. The van der Waals surface area contributed by atoms with Crippen molar-refractivity contribution in [1.29, 1.82) is 0 Å².